The van der Waals surface area contributed by atoms with Crippen LogP contribution in [0.1, 0.15) is 12.0 Å². The van der Waals surface area contributed by atoms with Gasteiger partial charge in [0.25, 0.3) is 0 Å². The van der Waals surface area contributed by atoms with Gasteiger partial charge in [0.15, 0.2) is 0 Å². The molecule has 1 amide bonds. The average Bonchev–Trinajstić information content (AvgIpc) is 2.69. The van der Waals surface area contributed by atoms with Gasteiger partial charge in [-0.05, 0) is 49.2 Å². The number of nitrogens with zero attached hydrogens (tertiary/aromatic N) is 2. The Morgan fingerprint density at radius 1 is 0.962 bits per heavy atom. The molecule has 1 aliphatic rings. The summed E-state index contributed by atoms with van der Waals surface area (Å²) < 4.78 is 13.0. The SMILES string of the molecule is O=C(CNCCCc1ccccc1)N1CCN(c2ccc(F)cc2)CC1. The number of carbonyl (C=O) groups excluding carboxylic acids is 1. The Balaban J connectivity index is 1.33. The lowest BCUT2D eigenvalue weighted by molar-refractivity contribution is -0.130. The molecule has 1 saturated heterocycles. The molecule has 1 N–H and O–H groups in total. The molecule has 138 valence electrons. The molecule has 0 unspecified atom stereocenters. The lowest BCUT2D eigenvalue weighted by Gasteiger charge is -2.36. The Bertz CT molecular complexity index is 682. The van der Waals surface area contributed by atoms with Crippen LogP contribution in [0.15, 0.2) is 54.6 Å². The average molecular weight is 355 g/mol. The Morgan fingerprint density at radius 2 is 1.65 bits per heavy atom. The van der Waals surface area contributed by atoms with E-state index in [-0.39, 0.29) is 11.7 Å². The van der Waals surface area contributed by atoms with Gasteiger partial charge in [-0.15, -0.1) is 0 Å². The van der Waals surface area contributed by atoms with E-state index < -0.39 is 0 Å². The number of hydrogen-bond acceptors (Lipinski definition) is 3. The summed E-state index contributed by atoms with van der Waals surface area (Å²) in [6.07, 6.45) is 2.05. The molecule has 1 heterocycles. The zero-order chi connectivity index (χ0) is 18.2. The summed E-state index contributed by atoms with van der Waals surface area (Å²) in [5, 5.41) is 3.26. The minimum Gasteiger partial charge on any atom is -0.368 e. The van der Waals surface area contributed by atoms with Gasteiger partial charge in [-0.1, -0.05) is 30.3 Å². The van der Waals surface area contributed by atoms with Crippen molar-refractivity contribution < 1.29 is 9.18 Å². The van der Waals surface area contributed by atoms with E-state index in [4.69, 9.17) is 0 Å². The molecule has 0 atom stereocenters. The van der Waals surface area contributed by atoms with Gasteiger partial charge in [0, 0.05) is 31.9 Å². The van der Waals surface area contributed by atoms with Crippen LogP contribution in [-0.4, -0.2) is 50.1 Å². The first kappa shape index (κ1) is 18.4. The summed E-state index contributed by atoms with van der Waals surface area (Å²) in [7, 11) is 0. The molecule has 0 bridgehead atoms. The highest BCUT2D eigenvalue weighted by atomic mass is 19.1. The summed E-state index contributed by atoms with van der Waals surface area (Å²) in [5.74, 6) is -0.0654. The van der Waals surface area contributed by atoms with E-state index in [9.17, 15) is 9.18 Å². The number of aryl methyl sites for hydroxylation is 1. The van der Waals surface area contributed by atoms with Gasteiger partial charge in [-0.3, -0.25) is 4.79 Å². The molecule has 0 saturated carbocycles. The molecule has 1 fully saturated rings. The smallest absolute Gasteiger partial charge is 0.236 e. The highest BCUT2D eigenvalue weighted by Gasteiger charge is 2.20. The van der Waals surface area contributed by atoms with Crippen molar-refractivity contribution in [2.75, 3.05) is 44.2 Å². The molecule has 2 aromatic carbocycles. The molecule has 5 heteroatoms. The van der Waals surface area contributed by atoms with Gasteiger partial charge < -0.3 is 15.1 Å². The molecule has 2 aromatic rings. The number of amides is 1. The number of hydrogen-bond donors (Lipinski definition) is 1. The van der Waals surface area contributed by atoms with Gasteiger partial charge >= 0.3 is 0 Å². The largest absolute Gasteiger partial charge is 0.368 e. The molecule has 0 radical (unpaired) electrons. The third-order valence-electron chi connectivity index (χ3n) is 4.76. The summed E-state index contributed by atoms with van der Waals surface area (Å²) in [4.78, 5) is 16.4. The van der Waals surface area contributed by atoms with Crippen LogP contribution in [0.3, 0.4) is 0 Å². The quantitative estimate of drug-likeness (QED) is 0.776. The fourth-order valence-electron chi connectivity index (χ4n) is 3.24. The number of anilines is 1. The van der Waals surface area contributed by atoms with E-state index in [1.807, 2.05) is 11.0 Å². The fourth-order valence-corrected chi connectivity index (χ4v) is 3.24. The number of carbonyl (C=O) groups is 1. The van der Waals surface area contributed by atoms with Crippen LogP contribution in [0, 0.1) is 5.82 Å². The second kappa shape index (κ2) is 9.34. The van der Waals surface area contributed by atoms with Gasteiger partial charge in [0.05, 0.1) is 6.54 Å². The van der Waals surface area contributed by atoms with Crippen LogP contribution in [0.5, 0.6) is 0 Å². The zero-order valence-corrected chi connectivity index (χ0v) is 15.0. The van der Waals surface area contributed by atoms with Crippen LogP contribution in [0.2, 0.25) is 0 Å². The first-order chi connectivity index (χ1) is 12.7. The van der Waals surface area contributed by atoms with Crippen molar-refractivity contribution in [3.63, 3.8) is 0 Å². The molecule has 4 nitrogen and oxygen atoms in total. The predicted molar refractivity (Wildman–Crippen MR) is 103 cm³/mol. The summed E-state index contributed by atoms with van der Waals surface area (Å²) >= 11 is 0. The second-order valence-corrected chi connectivity index (χ2v) is 6.61. The molecular formula is C21H26FN3O. The molecule has 3 rings (SSSR count). The topological polar surface area (TPSA) is 35.6 Å². The van der Waals surface area contributed by atoms with Crippen LogP contribution < -0.4 is 10.2 Å². The number of nitrogens with one attached hydrogen (secondary N) is 1. The monoisotopic (exact) mass is 355 g/mol. The van der Waals surface area contributed by atoms with E-state index >= 15 is 0 Å². The van der Waals surface area contributed by atoms with Crippen LogP contribution in [-0.2, 0) is 11.2 Å². The number of benzene rings is 2. The first-order valence-electron chi connectivity index (χ1n) is 9.25. The minimum atomic E-state index is -0.221. The van der Waals surface area contributed by atoms with E-state index in [0.717, 1.165) is 38.2 Å². The molecule has 0 aromatic heterocycles. The summed E-state index contributed by atoms with van der Waals surface area (Å²) in [6, 6.07) is 16.9. The fraction of sp³-hybridized carbons (Fsp3) is 0.381. The minimum absolute atomic E-state index is 0.156. The van der Waals surface area contributed by atoms with Gasteiger partial charge in [0.2, 0.25) is 5.91 Å². The van der Waals surface area contributed by atoms with Crippen molar-refractivity contribution in [3.05, 3.63) is 66.0 Å². The number of piperazine rings is 1. The van der Waals surface area contributed by atoms with Crippen molar-refractivity contribution in [2.45, 2.75) is 12.8 Å². The lowest BCUT2D eigenvalue weighted by atomic mass is 10.1. The van der Waals surface area contributed by atoms with Crippen molar-refractivity contribution in [1.29, 1.82) is 0 Å². The van der Waals surface area contributed by atoms with Gasteiger partial charge in [-0.25, -0.2) is 4.39 Å². The standard InChI is InChI=1S/C21H26FN3O/c22-19-8-10-20(11-9-19)24-13-15-25(16-14-24)21(26)17-23-12-4-7-18-5-2-1-3-6-18/h1-3,5-6,8-11,23H,4,7,12-17H2. The van der Waals surface area contributed by atoms with Gasteiger partial charge in [0.1, 0.15) is 5.82 Å². The van der Waals surface area contributed by atoms with E-state index in [1.165, 1.54) is 17.7 Å². The van der Waals surface area contributed by atoms with Crippen molar-refractivity contribution in [2.24, 2.45) is 0 Å². The zero-order valence-electron chi connectivity index (χ0n) is 15.0. The second-order valence-electron chi connectivity index (χ2n) is 6.61. The molecule has 0 spiro atoms. The van der Waals surface area contributed by atoms with E-state index in [0.29, 0.717) is 19.6 Å². The van der Waals surface area contributed by atoms with Crippen LogP contribution in [0.25, 0.3) is 0 Å². The van der Waals surface area contributed by atoms with Crippen molar-refractivity contribution >= 4 is 11.6 Å². The summed E-state index contributed by atoms with van der Waals surface area (Å²) in [5.41, 5.74) is 2.34. The highest BCUT2D eigenvalue weighted by Crippen LogP contribution is 2.16. The maximum Gasteiger partial charge on any atom is 0.236 e. The number of halogens is 1. The predicted octanol–water partition coefficient (Wildman–Crippen LogP) is 2.70. The maximum atomic E-state index is 13.0. The van der Waals surface area contributed by atoms with E-state index in [2.05, 4.69) is 34.5 Å². The number of rotatable bonds is 7. The van der Waals surface area contributed by atoms with E-state index in [1.54, 1.807) is 12.1 Å². The first-order valence-corrected chi connectivity index (χ1v) is 9.25. The Kier molecular flexibility index (Phi) is 6.61. The third kappa shape index (κ3) is 5.30. The molecule has 26 heavy (non-hydrogen) atoms. The molecule has 1 aliphatic heterocycles. The molecular weight excluding hydrogens is 329 g/mol. The summed E-state index contributed by atoms with van der Waals surface area (Å²) in [6.45, 7) is 4.22. The lowest BCUT2D eigenvalue weighted by Crippen LogP contribution is -2.51. The van der Waals surface area contributed by atoms with Gasteiger partial charge in [-0.2, -0.15) is 0 Å². The molecule has 0 aliphatic carbocycles. The van der Waals surface area contributed by atoms with Crippen LogP contribution in [0.4, 0.5) is 10.1 Å². The maximum absolute atomic E-state index is 13.0. The van der Waals surface area contributed by atoms with Crippen molar-refractivity contribution in [1.82, 2.24) is 10.2 Å². The Labute approximate surface area is 154 Å². The third-order valence-corrected chi connectivity index (χ3v) is 4.76. The Morgan fingerprint density at radius 3 is 2.35 bits per heavy atom. The highest BCUT2D eigenvalue weighted by molar-refractivity contribution is 5.78. The normalized spacial score (nSPS) is 14.5. The Hall–Kier alpha value is -2.40. The van der Waals surface area contributed by atoms with Crippen molar-refractivity contribution in [3.8, 4) is 0 Å². The van der Waals surface area contributed by atoms with Crippen LogP contribution >= 0.6 is 0 Å².